The zero-order chi connectivity index (χ0) is 17.8. The molecule has 2 aromatic carbocycles. The van der Waals surface area contributed by atoms with E-state index in [4.69, 9.17) is 0 Å². The molecule has 5 nitrogen and oxygen atoms in total. The summed E-state index contributed by atoms with van der Waals surface area (Å²) in [6.07, 6.45) is 3.39. The quantitative estimate of drug-likeness (QED) is 0.610. The third kappa shape index (κ3) is 4.39. The van der Waals surface area contributed by atoms with Crippen molar-refractivity contribution in [3.8, 4) is 0 Å². The van der Waals surface area contributed by atoms with Crippen molar-refractivity contribution in [2.45, 2.75) is 31.4 Å². The summed E-state index contributed by atoms with van der Waals surface area (Å²) in [5, 5.41) is 13.8. The van der Waals surface area contributed by atoms with Gasteiger partial charge in [-0.3, -0.25) is 14.9 Å². The summed E-state index contributed by atoms with van der Waals surface area (Å²) < 4.78 is 0. The number of carbonyl (C=O) groups excluding carboxylic acids is 1. The fourth-order valence-electron chi connectivity index (χ4n) is 3.03. The number of amides is 1. The topological polar surface area (TPSA) is 72.2 Å². The molecule has 1 N–H and O–H groups in total. The van der Waals surface area contributed by atoms with Crippen LogP contribution in [0.1, 0.15) is 35.3 Å². The van der Waals surface area contributed by atoms with Crippen molar-refractivity contribution in [2.75, 3.05) is 11.1 Å². The fourth-order valence-corrected chi connectivity index (χ4v) is 3.85. The second-order valence-corrected chi connectivity index (χ2v) is 7.52. The highest BCUT2D eigenvalue weighted by Gasteiger charge is 2.14. The van der Waals surface area contributed by atoms with Crippen molar-refractivity contribution in [1.82, 2.24) is 0 Å². The van der Waals surface area contributed by atoms with Crippen LogP contribution in [-0.2, 0) is 17.6 Å². The SMILES string of the molecule is C[C@H](SCC(=O)Nc1ccc2c(c1)CCC2)c1cccc([N+](=O)[O-])c1. The van der Waals surface area contributed by atoms with Gasteiger partial charge >= 0.3 is 0 Å². The van der Waals surface area contributed by atoms with E-state index in [9.17, 15) is 14.9 Å². The van der Waals surface area contributed by atoms with Gasteiger partial charge in [0.2, 0.25) is 5.91 Å². The minimum atomic E-state index is -0.401. The van der Waals surface area contributed by atoms with E-state index >= 15 is 0 Å². The molecule has 1 atom stereocenters. The van der Waals surface area contributed by atoms with E-state index in [2.05, 4.69) is 17.4 Å². The lowest BCUT2D eigenvalue weighted by atomic mass is 10.1. The number of nitrogens with one attached hydrogen (secondary N) is 1. The number of carbonyl (C=O) groups is 1. The third-order valence-corrected chi connectivity index (χ3v) is 5.60. The third-order valence-electron chi connectivity index (χ3n) is 4.40. The second-order valence-electron chi connectivity index (χ2n) is 6.19. The van der Waals surface area contributed by atoms with Crippen molar-refractivity contribution in [3.63, 3.8) is 0 Å². The van der Waals surface area contributed by atoms with Gasteiger partial charge in [0.05, 0.1) is 10.7 Å². The van der Waals surface area contributed by atoms with E-state index in [1.54, 1.807) is 12.1 Å². The first-order chi connectivity index (χ1) is 12.0. The zero-order valence-corrected chi connectivity index (χ0v) is 14.8. The van der Waals surface area contributed by atoms with Crippen LogP contribution in [0.2, 0.25) is 0 Å². The molecular formula is C19H20N2O3S. The summed E-state index contributed by atoms with van der Waals surface area (Å²) in [5.41, 5.74) is 4.48. The van der Waals surface area contributed by atoms with Crippen molar-refractivity contribution < 1.29 is 9.72 Å². The Hall–Kier alpha value is -2.34. The van der Waals surface area contributed by atoms with Gasteiger partial charge in [0.1, 0.15) is 0 Å². The number of aryl methyl sites for hydroxylation is 2. The first-order valence-corrected chi connectivity index (χ1v) is 9.35. The molecule has 0 bridgehead atoms. The highest BCUT2D eigenvalue weighted by Crippen LogP contribution is 2.30. The molecule has 3 rings (SSSR count). The van der Waals surface area contributed by atoms with E-state index in [1.165, 1.54) is 35.4 Å². The van der Waals surface area contributed by atoms with Crippen molar-refractivity contribution >= 4 is 29.0 Å². The first kappa shape index (κ1) is 17.5. The van der Waals surface area contributed by atoms with Crippen molar-refractivity contribution in [3.05, 3.63) is 69.3 Å². The maximum absolute atomic E-state index is 12.2. The van der Waals surface area contributed by atoms with E-state index < -0.39 is 4.92 Å². The molecule has 0 saturated carbocycles. The van der Waals surface area contributed by atoms with Gasteiger partial charge in [0.25, 0.3) is 5.69 Å². The smallest absolute Gasteiger partial charge is 0.269 e. The number of anilines is 1. The summed E-state index contributed by atoms with van der Waals surface area (Å²) in [4.78, 5) is 22.6. The summed E-state index contributed by atoms with van der Waals surface area (Å²) in [6, 6.07) is 12.7. The predicted octanol–water partition coefficient (Wildman–Crippen LogP) is 4.52. The molecular weight excluding hydrogens is 336 g/mol. The Bertz CT molecular complexity index is 807. The fraction of sp³-hybridized carbons (Fsp3) is 0.316. The number of nitrogens with zero attached hydrogens (tertiary/aromatic N) is 1. The summed E-state index contributed by atoms with van der Waals surface area (Å²) in [7, 11) is 0. The maximum Gasteiger partial charge on any atom is 0.269 e. The number of rotatable bonds is 6. The molecule has 0 saturated heterocycles. The Kier molecular flexibility index (Phi) is 5.38. The van der Waals surface area contributed by atoms with Crippen LogP contribution in [0.5, 0.6) is 0 Å². The van der Waals surface area contributed by atoms with Gasteiger partial charge in [-0.1, -0.05) is 18.2 Å². The number of non-ortho nitro benzene ring substituents is 1. The van der Waals surface area contributed by atoms with Gasteiger partial charge in [-0.2, -0.15) is 0 Å². The van der Waals surface area contributed by atoms with Crippen molar-refractivity contribution in [2.24, 2.45) is 0 Å². The molecule has 1 aliphatic rings. The number of benzene rings is 2. The lowest BCUT2D eigenvalue weighted by Gasteiger charge is -2.12. The van der Waals surface area contributed by atoms with Crippen LogP contribution in [0.15, 0.2) is 42.5 Å². The maximum atomic E-state index is 12.2. The molecule has 6 heteroatoms. The predicted molar refractivity (Wildman–Crippen MR) is 101 cm³/mol. The number of thioether (sulfide) groups is 1. The van der Waals surface area contributed by atoms with E-state index in [0.717, 1.165) is 24.1 Å². The molecule has 0 radical (unpaired) electrons. The Balaban J connectivity index is 1.55. The van der Waals surface area contributed by atoms with E-state index in [-0.39, 0.29) is 16.8 Å². The Morgan fingerprint density at radius 3 is 2.84 bits per heavy atom. The molecule has 2 aromatic rings. The highest BCUT2D eigenvalue weighted by molar-refractivity contribution is 8.00. The summed E-state index contributed by atoms with van der Waals surface area (Å²) in [6.45, 7) is 1.95. The van der Waals surface area contributed by atoms with Gasteiger partial charge < -0.3 is 5.32 Å². The Labute approximate surface area is 151 Å². The molecule has 25 heavy (non-hydrogen) atoms. The van der Waals surface area contributed by atoms with Gasteiger partial charge in [-0.15, -0.1) is 11.8 Å². The highest BCUT2D eigenvalue weighted by atomic mass is 32.2. The van der Waals surface area contributed by atoms with Crippen LogP contribution in [0.3, 0.4) is 0 Å². The number of nitro benzene ring substituents is 1. The average Bonchev–Trinajstić information content (AvgIpc) is 3.07. The largest absolute Gasteiger partial charge is 0.325 e. The summed E-state index contributed by atoms with van der Waals surface area (Å²) >= 11 is 1.47. The number of hydrogen-bond donors (Lipinski definition) is 1. The number of fused-ring (bicyclic) bond motifs is 1. The molecule has 0 aromatic heterocycles. The molecule has 0 spiro atoms. The molecule has 0 unspecified atom stereocenters. The lowest BCUT2D eigenvalue weighted by molar-refractivity contribution is -0.384. The number of nitro groups is 1. The van der Waals surface area contributed by atoms with Gasteiger partial charge in [-0.05, 0) is 55.0 Å². The number of hydrogen-bond acceptors (Lipinski definition) is 4. The molecule has 0 heterocycles. The monoisotopic (exact) mass is 356 g/mol. The van der Waals surface area contributed by atoms with E-state index in [0.29, 0.717) is 5.75 Å². The minimum absolute atomic E-state index is 0.00525. The zero-order valence-electron chi connectivity index (χ0n) is 14.0. The first-order valence-electron chi connectivity index (χ1n) is 8.30. The van der Waals surface area contributed by atoms with Crippen LogP contribution >= 0.6 is 11.8 Å². The summed E-state index contributed by atoms with van der Waals surface area (Å²) in [5.74, 6) is 0.251. The Morgan fingerprint density at radius 2 is 2.04 bits per heavy atom. The average molecular weight is 356 g/mol. The van der Waals surface area contributed by atoms with Crippen LogP contribution in [0.4, 0.5) is 11.4 Å². The van der Waals surface area contributed by atoms with Crippen LogP contribution in [0, 0.1) is 10.1 Å². The van der Waals surface area contributed by atoms with Crippen LogP contribution in [0.25, 0.3) is 0 Å². The molecule has 1 aliphatic carbocycles. The van der Waals surface area contributed by atoms with Crippen LogP contribution < -0.4 is 5.32 Å². The van der Waals surface area contributed by atoms with Gasteiger partial charge in [0, 0.05) is 23.1 Å². The van der Waals surface area contributed by atoms with Gasteiger partial charge in [0.15, 0.2) is 0 Å². The minimum Gasteiger partial charge on any atom is -0.325 e. The van der Waals surface area contributed by atoms with E-state index in [1.807, 2.05) is 19.1 Å². The molecule has 0 fully saturated rings. The lowest BCUT2D eigenvalue weighted by Crippen LogP contribution is -2.15. The second kappa shape index (κ2) is 7.70. The molecule has 0 aliphatic heterocycles. The van der Waals surface area contributed by atoms with Crippen molar-refractivity contribution in [1.29, 1.82) is 0 Å². The standard InChI is InChI=1S/C19H20N2O3S/c1-13(15-5-3-7-18(11-15)21(23)24)25-12-19(22)20-17-9-8-14-4-2-6-16(14)10-17/h3,5,7-11,13H,2,4,6,12H2,1H3,(H,20,22)/t13-/m0/s1. The van der Waals surface area contributed by atoms with Gasteiger partial charge in [-0.25, -0.2) is 0 Å². The molecule has 130 valence electrons. The molecule has 1 amide bonds. The normalized spacial score (nSPS) is 14.0. The Morgan fingerprint density at radius 1 is 1.24 bits per heavy atom. The van der Waals surface area contributed by atoms with Crippen LogP contribution in [-0.4, -0.2) is 16.6 Å².